The van der Waals surface area contributed by atoms with Gasteiger partial charge >= 0.3 is 0 Å². The summed E-state index contributed by atoms with van der Waals surface area (Å²) in [6, 6.07) is 4.05. The minimum Gasteiger partial charge on any atom is -0.304 e. The Labute approximate surface area is 124 Å². The van der Waals surface area contributed by atoms with Gasteiger partial charge in [0, 0.05) is 39.1 Å². The molecule has 1 aromatic rings. The van der Waals surface area contributed by atoms with E-state index in [9.17, 15) is 4.79 Å². The number of carbonyl (C=O) groups is 1. The van der Waals surface area contributed by atoms with Crippen molar-refractivity contribution in [3.05, 3.63) is 17.0 Å². The van der Waals surface area contributed by atoms with Gasteiger partial charge in [0.25, 0.3) is 0 Å². The molecule has 0 unspecified atom stereocenters. The van der Waals surface area contributed by atoms with Crippen LogP contribution in [0.25, 0.3) is 0 Å². The van der Waals surface area contributed by atoms with Crippen molar-refractivity contribution in [3.8, 4) is 0 Å². The SMILES string of the molecule is CCSc1ccc(C(=O)CCN2CCN(C)CC2)s1. The molecule has 5 heteroatoms. The summed E-state index contributed by atoms with van der Waals surface area (Å²) >= 11 is 3.45. The molecule has 0 bridgehead atoms. The zero-order valence-corrected chi connectivity index (χ0v) is 13.4. The van der Waals surface area contributed by atoms with E-state index in [0.717, 1.165) is 43.4 Å². The second-order valence-electron chi connectivity index (χ2n) is 4.87. The lowest BCUT2D eigenvalue weighted by Crippen LogP contribution is -2.44. The Morgan fingerprint density at radius 2 is 2.05 bits per heavy atom. The summed E-state index contributed by atoms with van der Waals surface area (Å²) in [5, 5.41) is 0. The van der Waals surface area contributed by atoms with Gasteiger partial charge in [-0.25, -0.2) is 0 Å². The lowest BCUT2D eigenvalue weighted by atomic mass is 10.2. The molecule has 0 atom stereocenters. The minimum atomic E-state index is 0.298. The average Bonchev–Trinajstić information content (AvgIpc) is 2.87. The third-order valence-electron chi connectivity index (χ3n) is 3.39. The number of rotatable bonds is 6. The molecule has 0 N–H and O–H groups in total. The highest BCUT2D eigenvalue weighted by Crippen LogP contribution is 2.27. The second kappa shape index (κ2) is 7.43. The van der Waals surface area contributed by atoms with Gasteiger partial charge in [0.15, 0.2) is 5.78 Å². The number of thiophene rings is 1. The van der Waals surface area contributed by atoms with Gasteiger partial charge < -0.3 is 9.80 Å². The number of carbonyl (C=O) groups excluding carboxylic acids is 1. The molecule has 0 spiro atoms. The predicted octanol–water partition coefficient (Wildman–Crippen LogP) is 2.68. The maximum Gasteiger partial charge on any atom is 0.174 e. The van der Waals surface area contributed by atoms with Crippen LogP contribution in [-0.2, 0) is 0 Å². The zero-order chi connectivity index (χ0) is 13.7. The first-order valence-corrected chi connectivity index (χ1v) is 8.66. The monoisotopic (exact) mass is 298 g/mol. The first-order valence-electron chi connectivity index (χ1n) is 6.85. The molecule has 1 fully saturated rings. The maximum absolute atomic E-state index is 12.1. The minimum absolute atomic E-state index is 0.298. The second-order valence-corrected chi connectivity index (χ2v) is 7.52. The summed E-state index contributed by atoms with van der Waals surface area (Å²) in [6.07, 6.45) is 0.653. The molecule has 0 amide bonds. The first kappa shape index (κ1) is 15.0. The van der Waals surface area contributed by atoms with E-state index < -0.39 is 0 Å². The Hall–Kier alpha value is -0.360. The van der Waals surface area contributed by atoms with Gasteiger partial charge in [-0.1, -0.05) is 6.92 Å². The van der Waals surface area contributed by atoms with Crippen LogP contribution in [0.1, 0.15) is 23.0 Å². The van der Waals surface area contributed by atoms with E-state index in [0.29, 0.717) is 12.2 Å². The predicted molar refractivity (Wildman–Crippen MR) is 83.6 cm³/mol. The Morgan fingerprint density at radius 3 is 2.74 bits per heavy atom. The molecular weight excluding hydrogens is 276 g/mol. The fourth-order valence-electron chi connectivity index (χ4n) is 2.14. The van der Waals surface area contributed by atoms with Crippen molar-refractivity contribution in [1.29, 1.82) is 0 Å². The average molecular weight is 298 g/mol. The van der Waals surface area contributed by atoms with Crippen LogP contribution in [0.2, 0.25) is 0 Å². The normalized spacial score (nSPS) is 17.8. The van der Waals surface area contributed by atoms with Crippen molar-refractivity contribution in [1.82, 2.24) is 9.80 Å². The van der Waals surface area contributed by atoms with E-state index in [1.54, 1.807) is 11.3 Å². The van der Waals surface area contributed by atoms with Crippen LogP contribution in [0.5, 0.6) is 0 Å². The molecule has 2 heterocycles. The maximum atomic E-state index is 12.1. The Kier molecular flexibility index (Phi) is 5.88. The van der Waals surface area contributed by atoms with Crippen LogP contribution in [-0.4, -0.2) is 61.1 Å². The lowest BCUT2D eigenvalue weighted by Gasteiger charge is -2.32. The molecule has 0 radical (unpaired) electrons. The molecule has 1 aliphatic rings. The van der Waals surface area contributed by atoms with Gasteiger partial charge in [0.2, 0.25) is 0 Å². The topological polar surface area (TPSA) is 23.6 Å². The standard InChI is InChI=1S/C14H22N2OS2/c1-3-18-14-5-4-13(19-14)12(17)6-7-16-10-8-15(2)9-11-16/h4-5H,3,6-11H2,1-2H3. The molecular formula is C14H22N2OS2. The van der Waals surface area contributed by atoms with Crippen molar-refractivity contribution in [2.75, 3.05) is 45.5 Å². The van der Waals surface area contributed by atoms with Gasteiger partial charge in [-0.3, -0.25) is 4.79 Å². The third kappa shape index (κ3) is 4.60. The van der Waals surface area contributed by atoms with Gasteiger partial charge in [0.05, 0.1) is 9.09 Å². The highest BCUT2D eigenvalue weighted by Gasteiger charge is 2.16. The molecule has 0 aromatic carbocycles. The third-order valence-corrected chi connectivity index (χ3v) is 5.63. The van der Waals surface area contributed by atoms with Crippen LogP contribution in [0.4, 0.5) is 0 Å². The lowest BCUT2D eigenvalue weighted by molar-refractivity contribution is 0.0945. The molecule has 1 saturated heterocycles. The summed E-state index contributed by atoms with van der Waals surface area (Å²) in [4.78, 5) is 17.8. The van der Waals surface area contributed by atoms with Crippen LogP contribution < -0.4 is 0 Å². The summed E-state index contributed by atoms with van der Waals surface area (Å²) < 4.78 is 1.26. The molecule has 106 valence electrons. The summed E-state index contributed by atoms with van der Waals surface area (Å²) in [5.41, 5.74) is 0. The highest BCUT2D eigenvalue weighted by atomic mass is 32.2. The summed E-state index contributed by atoms with van der Waals surface area (Å²) in [5.74, 6) is 1.36. The van der Waals surface area contributed by atoms with Crippen molar-refractivity contribution < 1.29 is 4.79 Å². The molecule has 1 aromatic heterocycles. The van der Waals surface area contributed by atoms with E-state index in [2.05, 4.69) is 29.8 Å². The number of nitrogens with zero attached hydrogens (tertiary/aromatic N) is 2. The van der Waals surface area contributed by atoms with E-state index in [-0.39, 0.29) is 0 Å². The molecule has 0 saturated carbocycles. The molecule has 19 heavy (non-hydrogen) atoms. The van der Waals surface area contributed by atoms with Crippen LogP contribution >= 0.6 is 23.1 Å². The van der Waals surface area contributed by atoms with E-state index in [1.807, 2.05) is 17.8 Å². The van der Waals surface area contributed by atoms with Crippen molar-refractivity contribution in [2.45, 2.75) is 17.6 Å². The van der Waals surface area contributed by atoms with E-state index in [1.165, 1.54) is 4.21 Å². The van der Waals surface area contributed by atoms with Crippen LogP contribution in [0.15, 0.2) is 16.3 Å². The van der Waals surface area contributed by atoms with Gasteiger partial charge in [-0.05, 0) is 24.9 Å². The van der Waals surface area contributed by atoms with Crippen molar-refractivity contribution in [3.63, 3.8) is 0 Å². The molecule has 1 aliphatic heterocycles. The zero-order valence-electron chi connectivity index (χ0n) is 11.7. The first-order chi connectivity index (χ1) is 9.19. The molecule has 2 rings (SSSR count). The Bertz CT molecular complexity index is 411. The quantitative estimate of drug-likeness (QED) is 0.595. The van der Waals surface area contributed by atoms with Crippen molar-refractivity contribution in [2.24, 2.45) is 0 Å². The van der Waals surface area contributed by atoms with Crippen LogP contribution in [0.3, 0.4) is 0 Å². The van der Waals surface area contributed by atoms with Gasteiger partial charge in [-0.2, -0.15) is 0 Å². The van der Waals surface area contributed by atoms with Gasteiger partial charge in [0.1, 0.15) is 0 Å². The fourth-order valence-corrected chi connectivity index (χ4v) is 4.16. The van der Waals surface area contributed by atoms with E-state index in [4.69, 9.17) is 0 Å². The smallest absolute Gasteiger partial charge is 0.174 e. The summed E-state index contributed by atoms with van der Waals surface area (Å²) in [7, 11) is 2.15. The fraction of sp³-hybridized carbons (Fsp3) is 0.643. The van der Waals surface area contributed by atoms with Crippen LogP contribution in [0, 0.1) is 0 Å². The number of ketones is 1. The molecule has 3 nitrogen and oxygen atoms in total. The van der Waals surface area contributed by atoms with E-state index >= 15 is 0 Å². The number of thioether (sulfide) groups is 1. The number of Topliss-reactive ketones (excluding diaryl/α,β-unsaturated/α-hetero) is 1. The molecule has 0 aliphatic carbocycles. The number of piperazine rings is 1. The number of hydrogen-bond acceptors (Lipinski definition) is 5. The largest absolute Gasteiger partial charge is 0.304 e. The summed E-state index contributed by atoms with van der Waals surface area (Å²) in [6.45, 7) is 7.45. The van der Waals surface area contributed by atoms with Gasteiger partial charge in [-0.15, -0.1) is 23.1 Å². The van der Waals surface area contributed by atoms with Crippen molar-refractivity contribution >= 4 is 28.9 Å². The highest BCUT2D eigenvalue weighted by molar-refractivity contribution is 8.01. The Balaban J connectivity index is 1.77. The number of hydrogen-bond donors (Lipinski definition) is 0. The number of likely N-dealkylation sites (N-methyl/N-ethyl adjacent to an activating group) is 1. The Morgan fingerprint density at radius 1 is 1.32 bits per heavy atom.